The maximum Gasteiger partial charge on any atom is 0.305 e. The molecule has 1 aliphatic rings. The molecule has 0 unspecified atom stereocenters. The molecule has 4 nitrogen and oxygen atoms in total. The van der Waals surface area contributed by atoms with Gasteiger partial charge in [0.1, 0.15) is 5.75 Å². The molecule has 0 spiro atoms. The number of hydrogen-bond acceptors (Lipinski definition) is 4. The third kappa shape index (κ3) is 6.46. The molecule has 0 aliphatic heterocycles. The predicted molar refractivity (Wildman–Crippen MR) is 123 cm³/mol. The lowest BCUT2D eigenvalue weighted by Crippen LogP contribution is -2.30. The second-order valence-corrected chi connectivity index (χ2v) is 9.66. The van der Waals surface area contributed by atoms with Gasteiger partial charge in [0.15, 0.2) is 0 Å². The van der Waals surface area contributed by atoms with Crippen molar-refractivity contribution in [3.05, 3.63) is 42.0 Å². The van der Waals surface area contributed by atoms with Gasteiger partial charge in [0.2, 0.25) is 0 Å². The summed E-state index contributed by atoms with van der Waals surface area (Å²) >= 11 is 0. The molecule has 1 N–H and O–H groups in total. The van der Waals surface area contributed by atoms with Gasteiger partial charge in [-0.1, -0.05) is 39.0 Å². The normalized spacial score (nSPS) is 19.6. The number of hydrogen-bond donors (Lipinski definition) is 1. The topological polar surface area (TPSA) is 47.6 Å². The highest BCUT2D eigenvalue weighted by molar-refractivity contribution is 5.84. The van der Waals surface area contributed by atoms with Crippen LogP contribution in [0.25, 0.3) is 10.8 Å². The zero-order valence-electron chi connectivity index (χ0n) is 19.0. The van der Waals surface area contributed by atoms with Gasteiger partial charge in [-0.05, 0) is 84.5 Å². The van der Waals surface area contributed by atoms with Crippen molar-refractivity contribution in [1.29, 1.82) is 0 Å². The summed E-state index contributed by atoms with van der Waals surface area (Å²) in [6.45, 7) is 8.67. The molecule has 30 heavy (non-hydrogen) atoms. The Kier molecular flexibility index (Phi) is 7.76. The summed E-state index contributed by atoms with van der Waals surface area (Å²) in [5.41, 5.74) is 1.65. The standard InChI is InChI=1S/C26H37NO3/c1-26(2,3)22-10-13-23(14-11-22)30-24-12-9-20-16-19(7-8-21(20)17-24)18-27-15-5-6-25(28)29-4/h7-9,12,16-17,22-23,27H,5-6,10-11,13-15,18H2,1-4H3/t22-,23-. The lowest BCUT2D eigenvalue weighted by atomic mass is 9.72. The summed E-state index contributed by atoms with van der Waals surface area (Å²) in [4.78, 5) is 11.1. The Morgan fingerprint density at radius 2 is 1.73 bits per heavy atom. The lowest BCUT2D eigenvalue weighted by molar-refractivity contribution is -0.140. The molecular weight excluding hydrogens is 374 g/mol. The number of methoxy groups -OCH3 is 1. The maximum absolute atomic E-state index is 11.1. The molecule has 3 rings (SSSR count). The SMILES string of the molecule is COC(=O)CCCNCc1ccc2cc(O[C@H]3CC[C@H](C(C)(C)C)CC3)ccc2c1. The second kappa shape index (κ2) is 10.3. The summed E-state index contributed by atoms with van der Waals surface area (Å²) in [6.07, 6.45) is 6.42. The number of carbonyl (C=O) groups excluding carboxylic acids is 1. The fourth-order valence-electron chi connectivity index (χ4n) is 4.39. The van der Waals surface area contributed by atoms with Gasteiger partial charge < -0.3 is 14.8 Å². The van der Waals surface area contributed by atoms with Gasteiger partial charge in [0.25, 0.3) is 0 Å². The summed E-state index contributed by atoms with van der Waals surface area (Å²) in [7, 11) is 1.43. The minimum Gasteiger partial charge on any atom is -0.490 e. The van der Waals surface area contributed by atoms with Crippen LogP contribution >= 0.6 is 0 Å². The summed E-state index contributed by atoms with van der Waals surface area (Å²) < 4.78 is 11.0. The molecule has 0 bridgehead atoms. The lowest BCUT2D eigenvalue weighted by Gasteiger charge is -2.37. The summed E-state index contributed by atoms with van der Waals surface area (Å²) in [6, 6.07) is 13.0. The van der Waals surface area contributed by atoms with Crippen LogP contribution in [0.5, 0.6) is 5.75 Å². The minimum atomic E-state index is -0.150. The van der Waals surface area contributed by atoms with Crippen LogP contribution in [-0.4, -0.2) is 25.7 Å². The van der Waals surface area contributed by atoms with Crippen LogP contribution in [0.15, 0.2) is 36.4 Å². The van der Waals surface area contributed by atoms with Crippen LogP contribution in [0, 0.1) is 11.3 Å². The fraction of sp³-hybridized carbons (Fsp3) is 0.577. The zero-order chi connectivity index (χ0) is 21.6. The van der Waals surface area contributed by atoms with E-state index in [1.165, 1.54) is 36.3 Å². The van der Waals surface area contributed by atoms with Gasteiger partial charge in [0.05, 0.1) is 13.2 Å². The van der Waals surface area contributed by atoms with Crippen molar-refractivity contribution in [2.24, 2.45) is 11.3 Å². The van der Waals surface area contributed by atoms with Crippen LogP contribution in [0.1, 0.15) is 64.9 Å². The summed E-state index contributed by atoms with van der Waals surface area (Å²) in [5, 5.41) is 5.84. The quantitative estimate of drug-likeness (QED) is 0.436. The molecule has 4 heteroatoms. The first-order valence-electron chi connectivity index (χ1n) is 11.3. The van der Waals surface area contributed by atoms with Crippen LogP contribution in [-0.2, 0) is 16.1 Å². The van der Waals surface area contributed by atoms with E-state index in [0.29, 0.717) is 17.9 Å². The third-order valence-corrected chi connectivity index (χ3v) is 6.37. The van der Waals surface area contributed by atoms with Crippen molar-refractivity contribution in [1.82, 2.24) is 5.32 Å². The van der Waals surface area contributed by atoms with Crippen molar-refractivity contribution in [3.63, 3.8) is 0 Å². The molecule has 0 radical (unpaired) electrons. The Morgan fingerprint density at radius 3 is 2.43 bits per heavy atom. The molecule has 1 saturated carbocycles. The van der Waals surface area contributed by atoms with Crippen LogP contribution < -0.4 is 10.1 Å². The van der Waals surface area contributed by atoms with E-state index in [2.05, 4.69) is 67.2 Å². The predicted octanol–water partition coefficient (Wildman–Crippen LogP) is 5.87. The molecule has 0 amide bonds. The Morgan fingerprint density at radius 1 is 1.03 bits per heavy atom. The van der Waals surface area contributed by atoms with Gasteiger partial charge in [-0.3, -0.25) is 4.79 Å². The van der Waals surface area contributed by atoms with Crippen molar-refractivity contribution >= 4 is 16.7 Å². The first-order chi connectivity index (χ1) is 14.3. The number of nitrogens with one attached hydrogen (secondary N) is 1. The Labute approximate surface area is 181 Å². The molecular formula is C26H37NO3. The average molecular weight is 412 g/mol. The van der Waals surface area contributed by atoms with Gasteiger partial charge in [-0.15, -0.1) is 0 Å². The molecule has 2 aromatic carbocycles. The van der Waals surface area contributed by atoms with Crippen molar-refractivity contribution in [3.8, 4) is 5.75 Å². The van der Waals surface area contributed by atoms with E-state index < -0.39 is 0 Å². The molecule has 2 aromatic rings. The Bertz CT molecular complexity index is 832. The smallest absolute Gasteiger partial charge is 0.305 e. The van der Waals surface area contributed by atoms with Gasteiger partial charge in [0, 0.05) is 13.0 Å². The Balaban J connectivity index is 1.50. The monoisotopic (exact) mass is 411 g/mol. The van der Waals surface area contributed by atoms with E-state index in [4.69, 9.17) is 4.74 Å². The van der Waals surface area contributed by atoms with Crippen LogP contribution in [0.2, 0.25) is 0 Å². The van der Waals surface area contributed by atoms with Crippen LogP contribution in [0.4, 0.5) is 0 Å². The van der Waals surface area contributed by atoms with Crippen molar-refractivity contribution in [2.75, 3.05) is 13.7 Å². The second-order valence-electron chi connectivity index (χ2n) is 9.66. The van der Waals surface area contributed by atoms with Gasteiger partial charge in [-0.2, -0.15) is 0 Å². The largest absolute Gasteiger partial charge is 0.490 e. The number of benzene rings is 2. The van der Waals surface area contributed by atoms with E-state index in [0.717, 1.165) is 44.0 Å². The molecule has 0 aromatic heterocycles. The molecule has 0 saturated heterocycles. The third-order valence-electron chi connectivity index (χ3n) is 6.37. The number of rotatable bonds is 8. The van der Waals surface area contributed by atoms with E-state index in [9.17, 15) is 4.79 Å². The number of ether oxygens (including phenoxy) is 2. The highest BCUT2D eigenvalue weighted by Gasteiger charge is 2.30. The van der Waals surface area contributed by atoms with Crippen LogP contribution in [0.3, 0.4) is 0 Å². The van der Waals surface area contributed by atoms with Crippen molar-refractivity contribution < 1.29 is 14.3 Å². The fourth-order valence-corrected chi connectivity index (χ4v) is 4.39. The minimum absolute atomic E-state index is 0.150. The van der Waals surface area contributed by atoms with Crippen molar-refractivity contribution in [2.45, 2.75) is 71.9 Å². The maximum atomic E-state index is 11.1. The van der Waals surface area contributed by atoms with E-state index in [-0.39, 0.29) is 5.97 Å². The summed E-state index contributed by atoms with van der Waals surface area (Å²) in [5.74, 6) is 1.64. The van der Waals surface area contributed by atoms with Gasteiger partial charge in [-0.25, -0.2) is 0 Å². The van der Waals surface area contributed by atoms with E-state index in [1.54, 1.807) is 0 Å². The first-order valence-corrected chi connectivity index (χ1v) is 11.3. The molecule has 0 atom stereocenters. The average Bonchev–Trinajstić information content (AvgIpc) is 2.73. The Hall–Kier alpha value is -2.07. The van der Waals surface area contributed by atoms with Gasteiger partial charge >= 0.3 is 5.97 Å². The first kappa shape index (κ1) is 22.6. The number of fused-ring (bicyclic) bond motifs is 1. The molecule has 1 aliphatic carbocycles. The molecule has 1 fully saturated rings. The highest BCUT2D eigenvalue weighted by atomic mass is 16.5. The molecule has 164 valence electrons. The zero-order valence-corrected chi connectivity index (χ0v) is 19.0. The number of carbonyl (C=O) groups is 1. The molecule has 0 heterocycles. The van der Waals surface area contributed by atoms with E-state index in [1.807, 2.05) is 0 Å². The van der Waals surface area contributed by atoms with E-state index >= 15 is 0 Å². The number of esters is 1. The highest BCUT2D eigenvalue weighted by Crippen LogP contribution is 2.39.